The smallest absolute Gasteiger partial charge is 0.264 e. The SMILES string of the molecule is Fc1ccc(-c2nc(Cl)no2)cc1Cl. The van der Waals surface area contributed by atoms with Crippen LogP contribution in [0.4, 0.5) is 4.39 Å². The van der Waals surface area contributed by atoms with Crippen molar-refractivity contribution in [3.8, 4) is 11.5 Å². The van der Waals surface area contributed by atoms with Gasteiger partial charge in [-0.05, 0) is 35.0 Å². The van der Waals surface area contributed by atoms with E-state index in [0.29, 0.717) is 5.56 Å². The third-order valence-corrected chi connectivity index (χ3v) is 2.01. The number of nitrogens with zero attached hydrogens (tertiary/aromatic N) is 2. The molecular weight excluding hydrogens is 230 g/mol. The third-order valence-electron chi connectivity index (χ3n) is 1.57. The van der Waals surface area contributed by atoms with E-state index in [4.69, 9.17) is 27.7 Å². The Labute approximate surface area is 88.4 Å². The summed E-state index contributed by atoms with van der Waals surface area (Å²) in [6.45, 7) is 0. The van der Waals surface area contributed by atoms with Gasteiger partial charge in [0.05, 0.1) is 5.02 Å². The molecule has 0 aliphatic rings. The number of hydrogen-bond acceptors (Lipinski definition) is 3. The Bertz CT molecular complexity index is 472. The van der Waals surface area contributed by atoms with Crippen LogP contribution < -0.4 is 0 Å². The summed E-state index contributed by atoms with van der Waals surface area (Å²) in [5.74, 6) is -0.294. The molecule has 14 heavy (non-hydrogen) atoms. The van der Waals surface area contributed by atoms with Crippen molar-refractivity contribution in [1.29, 1.82) is 0 Å². The normalized spacial score (nSPS) is 10.5. The Morgan fingerprint density at radius 3 is 2.64 bits per heavy atom. The van der Waals surface area contributed by atoms with Gasteiger partial charge in [-0.15, -0.1) is 0 Å². The first-order valence-corrected chi connectivity index (χ1v) is 4.37. The Balaban J connectivity index is 2.47. The summed E-state index contributed by atoms with van der Waals surface area (Å²) in [7, 11) is 0. The van der Waals surface area contributed by atoms with Gasteiger partial charge in [0.25, 0.3) is 11.2 Å². The van der Waals surface area contributed by atoms with Gasteiger partial charge in [0.15, 0.2) is 0 Å². The van der Waals surface area contributed by atoms with Gasteiger partial charge in [-0.1, -0.05) is 11.6 Å². The Kier molecular flexibility index (Phi) is 2.39. The molecular formula is C8H3Cl2FN2O. The summed E-state index contributed by atoms with van der Waals surface area (Å²) in [5.41, 5.74) is 0.524. The molecule has 0 amide bonds. The summed E-state index contributed by atoms with van der Waals surface area (Å²) in [4.78, 5) is 3.76. The van der Waals surface area contributed by atoms with Gasteiger partial charge >= 0.3 is 0 Å². The molecule has 0 saturated carbocycles. The highest BCUT2D eigenvalue weighted by atomic mass is 35.5. The summed E-state index contributed by atoms with van der Waals surface area (Å²) in [6, 6.07) is 4.08. The van der Waals surface area contributed by atoms with Crippen LogP contribution in [-0.4, -0.2) is 10.1 Å². The van der Waals surface area contributed by atoms with E-state index >= 15 is 0 Å². The van der Waals surface area contributed by atoms with Crippen LogP contribution >= 0.6 is 23.2 Å². The predicted molar refractivity (Wildman–Crippen MR) is 49.7 cm³/mol. The summed E-state index contributed by atoms with van der Waals surface area (Å²) in [6.07, 6.45) is 0. The first-order valence-electron chi connectivity index (χ1n) is 3.61. The summed E-state index contributed by atoms with van der Waals surface area (Å²) < 4.78 is 17.6. The molecule has 0 unspecified atom stereocenters. The van der Waals surface area contributed by atoms with E-state index in [9.17, 15) is 4.39 Å². The van der Waals surface area contributed by atoms with Crippen LogP contribution in [0.15, 0.2) is 22.7 Å². The number of aromatic nitrogens is 2. The molecule has 1 aromatic carbocycles. The lowest BCUT2D eigenvalue weighted by Crippen LogP contribution is -1.80. The highest BCUT2D eigenvalue weighted by Gasteiger charge is 2.09. The minimum Gasteiger partial charge on any atom is -0.333 e. The van der Waals surface area contributed by atoms with Gasteiger partial charge < -0.3 is 4.52 Å². The number of rotatable bonds is 1. The van der Waals surface area contributed by atoms with E-state index in [1.54, 1.807) is 0 Å². The summed E-state index contributed by atoms with van der Waals surface area (Å²) in [5, 5.41) is 3.39. The fraction of sp³-hybridized carbons (Fsp3) is 0. The van der Waals surface area contributed by atoms with Crippen LogP contribution in [0, 0.1) is 5.82 Å². The maximum atomic E-state index is 12.8. The quantitative estimate of drug-likeness (QED) is 0.759. The van der Waals surface area contributed by atoms with Crippen LogP contribution in [0.25, 0.3) is 11.5 Å². The average molecular weight is 233 g/mol. The largest absolute Gasteiger partial charge is 0.333 e. The zero-order valence-electron chi connectivity index (χ0n) is 6.67. The first kappa shape index (κ1) is 9.43. The van der Waals surface area contributed by atoms with Crippen LogP contribution in [0.5, 0.6) is 0 Å². The molecule has 0 fully saturated rings. The Morgan fingerprint density at radius 1 is 1.29 bits per heavy atom. The molecule has 0 aliphatic heterocycles. The maximum absolute atomic E-state index is 12.8. The maximum Gasteiger partial charge on any atom is 0.264 e. The molecule has 2 rings (SSSR count). The molecule has 72 valence electrons. The zero-order chi connectivity index (χ0) is 10.1. The van der Waals surface area contributed by atoms with Gasteiger partial charge in [-0.25, -0.2) is 4.39 Å². The topological polar surface area (TPSA) is 38.9 Å². The Morgan fingerprint density at radius 2 is 2.07 bits per heavy atom. The van der Waals surface area contributed by atoms with E-state index < -0.39 is 5.82 Å². The summed E-state index contributed by atoms with van der Waals surface area (Å²) >= 11 is 11.0. The van der Waals surface area contributed by atoms with Crippen molar-refractivity contribution in [1.82, 2.24) is 10.1 Å². The Hall–Kier alpha value is -1.13. The van der Waals surface area contributed by atoms with Crippen LogP contribution in [0.3, 0.4) is 0 Å². The third kappa shape index (κ3) is 1.71. The van der Waals surface area contributed by atoms with Gasteiger partial charge in [-0.2, -0.15) is 4.98 Å². The van der Waals surface area contributed by atoms with Crippen molar-refractivity contribution in [2.75, 3.05) is 0 Å². The van der Waals surface area contributed by atoms with Crippen molar-refractivity contribution >= 4 is 23.2 Å². The minimum absolute atomic E-state index is 0.000414. The molecule has 0 N–H and O–H groups in total. The number of halogens is 3. The van der Waals surface area contributed by atoms with Gasteiger partial charge in [0.1, 0.15) is 5.82 Å². The highest BCUT2D eigenvalue weighted by Crippen LogP contribution is 2.24. The molecule has 3 nitrogen and oxygen atoms in total. The van der Waals surface area contributed by atoms with Gasteiger partial charge in [0, 0.05) is 5.56 Å². The molecule has 2 aromatic rings. The van der Waals surface area contributed by atoms with Crippen LogP contribution in [0.1, 0.15) is 0 Å². The van der Waals surface area contributed by atoms with E-state index in [1.807, 2.05) is 0 Å². The fourth-order valence-electron chi connectivity index (χ4n) is 0.952. The van der Waals surface area contributed by atoms with E-state index in [1.165, 1.54) is 18.2 Å². The molecule has 0 bridgehead atoms. The van der Waals surface area contributed by atoms with E-state index in [-0.39, 0.29) is 16.2 Å². The number of benzene rings is 1. The minimum atomic E-state index is -0.499. The monoisotopic (exact) mass is 232 g/mol. The molecule has 0 atom stereocenters. The second kappa shape index (κ2) is 3.55. The van der Waals surface area contributed by atoms with Crippen molar-refractivity contribution in [2.24, 2.45) is 0 Å². The number of hydrogen-bond donors (Lipinski definition) is 0. The fourth-order valence-corrected chi connectivity index (χ4v) is 1.24. The van der Waals surface area contributed by atoms with E-state index in [2.05, 4.69) is 10.1 Å². The molecule has 0 spiro atoms. The van der Waals surface area contributed by atoms with Crippen molar-refractivity contribution < 1.29 is 8.91 Å². The standard InChI is InChI=1S/C8H3Cl2FN2O/c9-5-3-4(1-2-6(5)11)7-12-8(10)13-14-7/h1-3H. The zero-order valence-corrected chi connectivity index (χ0v) is 8.18. The second-order valence-electron chi connectivity index (χ2n) is 2.50. The molecule has 0 radical (unpaired) electrons. The highest BCUT2D eigenvalue weighted by molar-refractivity contribution is 6.31. The van der Waals surface area contributed by atoms with Crippen molar-refractivity contribution in [2.45, 2.75) is 0 Å². The van der Waals surface area contributed by atoms with Gasteiger partial charge in [-0.3, -0.25) is 0 Å². The lowest BCUT2D eigenvalue weighted by atomic mass is 10.2. The van der Waals surface area contributed by atoms with Crippen molar-refractivity contribution in [3.63, 3.8) is 0 Å². The molecule has 6 heteroatoms. The molecule has 0 aliphatic carbocycles. The second-order valence-corrected chi connectivity index (χ2v) is 3.24. The molecule has 1 aromatic heterocycles. The van der Waals surface area contributed by atoms with E-state index in [0.717, 1.165) is 0 Å². The van der Waals surface area contributed by atoms with Crippen LogP contribution in [0.2, 0.25) is 10.3 Å². The van der Waals surface area contributed by atoms with Gasteiger partial charge in [0.2, 0.25) is 0 Å². The average Bonchev–Trinajstić information content (AvgIpc) is 2.57. The first-order chi connectivity index (χ1) is 6.66. The molecule has 1 heterocycles. The molecule has 0 saturated heterocycles. The lowest BCUT2D eigenvalue weighted by molar-refractivity contribution is 0.430. The lowest BCUT2D eigenvalue weighted by Gasteiger charge is -1.95. The van der Waals surface area contributed by atoms with Crippen LogP contribution in [-0.2, 0) is 0 Å². The van der Waals surface area contributed by atoms with Crippen molar-refractivity contribution in [3.05, 3.63) is 34.3 Å². The predicted octanol–water partition coefficient (Wildman–Crippen LogP) is 3.18.